The number of hydrogen-bond donors (Lipinski definition) is 4. The van der Waals surface area contributed by atoms with Gasteiger partial charge in [-0.2, -0.15) is 4.98 Å². The van der Waals surface area contributed by atoms with E-state index in [1.54, 1.807) is 7.05 Å². The van der Waals surface area contributed by atoms with Crippen LogP contribution in [0.15, 0.2) is 23.6 Å². The summed E-state index contributed by atoms with van der Waals surface area (Å²) in [4.78, 5) is 27.1. The number of nitrogens with one attached hydrogen (secondary N) is 2. The quantitative estimate of drug-likeness (QED) is 0.417. The summed E-state index contributed by atoms with van der Waals surface area (Å²) < 4.78 is 1.54. The number of nitrogen functional groups attached to an aromatic ring is 1. The zero-order chi connectivity index (χ0) is 13.1. The van der Waals surface area contributed by atoms with E-state index in [1.165, 1.54) is 23.4 Å². The molecule has 0 unspecified atom stereocenters. The first kappa shape index (κ1) is 11.6. The Morgan fingerprint density at radius 3 is 2.44 bits per heavy atom. The lowest BCUT2D eigenvalue weighted by molar-refractivity contribution is 0.456. The molecular weight excluding hydrogens is 238 g/mol. The van der Waals surface area contributed by atoms with Gasteiger partial charge in [-0.15, -0.1) is 0 Å². The minimum Gasteiger partial charge on any atom is -0.492 e. The molecule has 3 aromatic heterocycles. The molecule has 0 saturated heterocycles. The summed E-state index contributed by atoms with van der Waals surface area (Å²) in [6.45, 7) is 0. The van der Waals surface area contributed by atoms with Crippen molar-refractivity contribution >= 4 is 17.1 Å². The van der Waals surface area contributed by atoms with Crippen molar-refractivity contribution in [1.29, 1.82) is 0 Å². The number of aromatic hydroxyl groups is 1. The predicted molar refractivity (Wildman–Crippen MR) is 63.8 cm³/mol. The molecule has 0 fully saturated rings. The zero-order valence-electron chi connectivity index (χ0n) is 9.45. The molecule has 9 nitrogen and oxygen atoms in total. The van der Waals surface area contributed by atoms with Crippen LogP contribution in [-0.4, -0.2) is 34.6 Å². The molecule has 9 heteroatoms. The Balaban J connectivity index is 0.000000138. The molecule has 0 saturated carbocycles. The Morgan fingerprint density at radius 1 is 1.33 bits per heavy atom. The van der Waals surface area contributed by atoms with E-state index in [0.29, 0.717) is 17.1 Å². The number of rotatable bonds is 0. The van der Waals surface area contributed by atoms with E-state index in [1.807, 2.05) is 0 Å². The van der Waals surface area contributed by atoms with Crippen LogP contribution in [0.4, 0.5) is 5.95 Å². The zero-order valence-corrected chi connectivity index (χ0v) is 9.45. The summed E-state index contributed by atoms with van der Waals surface area (Å²) in [7, 11) is 1.71. The van der Waals surface area contributed by atoms with E-state index >= 15 is 0 Å². The monoisotopic (exact) mass is 249 g/mol. The second-order valence-electron chi connectivity index (χ2n) is 3.40. The van der Waals surface area contributed by atoms with Crippen LogP contribution in [0.3, 0.4) is 0 Å². The normalized spacial score (nSPS) is 10.1. The van der Waals surface area contributed by atoms with Crippen LogP contribution in [0, 0.1) is 0 Å². The largest absolute Gasteiger partial charge is 0.492 e. The first-order chi connectivity index (χ1) is 8.58. The lowest BCUT2D eigenvalue weighted by Crippen LogP contribution is -2.05. The number of nitrogens with two attached hydrogens (primary N) is 1. The highest BCUT2D eigenvalue weighted by Gasteiger charge is 1.97. The number of aryl methyl sites for hydroxylation is 1. The van der Waals surface area contributed by atoms with Crippen molar-refractivity contribution in [2.45, 2.75) is 0 Å². The van der Waals surface area contributed by atoms with Crippen LogP contribution in [0.1, 0.15) is 0 Å². The number of nitrogens with zero attached hydrogens (tertiary/aromatic N) is 4. The van der Waals surface area contributed by atoms with Gasteiger partial charge < -0.3 is 25.4 Å². The lowest BCUT2D eigenvalue weighted by atomic mass is 10.6. The van der Waals surface area contributed by atoms with Gasteiger partial charge in [0, 0.05) is 7.05 Å². The van der Waals surface area contributed by atoms with Crippen LogP contribution in [0.5, 0.6) is 5.88 Å². The summed E-state index contributed by atoms with van der Waals surface area (Å²) in [6, 6.07) is 0. The molecule has 0 amide bonds. The molecule has 3 aromatic rings. The van der Waals surface area contributed by atoms with Crippen molar-refractivity contribution < 1.29 is 5.11 Å². The third kappa shape index (κ3) is 2.29. The number of aromatic nitrogens is 6. The Labute approximate surface area is 100 Å². The summed E-state index contributed by atoms with van der Waals surface area (Å²) in [5.74, 6) is 0.285. The third-order valence-corrected chi connectivity index (χ3v) is 2.13. The maximum Gasteiger partial charge on any atom is 0.276 e. The highest BCUT2D eigenvalue weighted by Crippen LogP contribution is 2.06. The van der Waals surface area contributed by atoms with Crippen LogP contribution < -0.4 is 11.3 Å². The summed E-state index contributed by atoms with van der Waals surface area (Å²) in [5, 5.41) is 8.62. The Morgan fingerprint density at radius 2 is 2.00 bits per heavy atom. The molecule has 5 N–H and O–H groups in total. The number of anilines is 1. The number of aromatic amines is 2. The topological polar surface area (TPSA) is 138 Å². The third-order valence-electron chi connectivity index (χ3n) is 2.13. The average Bonchev–Trinajstić information content (AvgIpc) is 2.88. The van der Waals surface area contributed by atoms with Gasteiger partial charge in [0.15, 0.2) is 11.2 Å². The fourth-order valence-electron chi connectivity index (χ4n) is 1.24. The Bertz CT molecular complexity index is 691. The first-order valence-electron chi connectivity index (χ1n) is 4.92. The molecule has 94 valence electrons. The van der Waals surface area contributed by atoms with Gasteiger partial charge in [0.05, 0.1) is 18.9 Å². The molecule has 0 spiro atoms. The Hall–Kier alpha value is -2.84. The summed E-state index contributed by atoms with van der Waals surface area (Å²) in [5.41, 5.74) is 5.91. The van der Waals surface area contributed by atoms with E-state index in [-0.39, 0.29) is 11.4 Å². The molecule has 0 aliphatic rings. The highest BCUT2D eigenvalue weighted by atomic mass is 16.3. The van der Waals surface area contributed by atoms with Crippen molar-refractivity contribution in [1.82, 2.24) is 29.5 Å². The van der Waals surface area contributed by atoms with Gasteiger partial charge >= 0.3 is 0 Å². The van der Waals surface area contributed by atoms with Gasteiger partial charge in [-0.25, -0.2) is 9.97 Å². The van der Waals surface area contributed by atoms with Crippen molar-refractivity contribution in [3.8, 4) is 5.88 Å². The van der Waals surface area contributed by atoms with E-state index in [2.05, 4.69) is 24.9 Å². The first-order valence-corrected chi connectivity index (χ1v) is 4.92. The molecule has 18 heavy (non-hydrogen) atoms. The lowest BCUT2D eigenvalue weighted by Gasteiger charge is -1.86. The highest BCUT2D eigenvalue weighted by molar-refractivity contribution is 5.67. The number of hydrogen-bond acceptors (Lipinski definition) is 6. The summed E-state index contributed by atoms with van der Waals surface area (Å²) in [6.07, 6.45) is 4.20. The van der Waals surface area contributed by atoms with Gasteiger partial charge in [-0.05, 0) is 0 Å². The molecule has 3 heterocycles. The van der Waals surface area contributed by atoms with Crippen LogP contribution in [-0.2, 0) is 7.05 Å². The minimum absolute atomic E-state index is 0.0370. The molecule has 0 atom stereocenters. The molecule has 0 aromatic carbocycles. The van der Waals surface area contributed by atoms with E-state index < -0.39 is 0 Å². The minimum atomic E-state index is -0.192. The predicted octanol–water partition coefficient (Wildman–Crippen LogP) is -0.646. The second-order valence-corrected chi connectivity index (χ2v) is 3.40. The summed E-state index contributed by atoms with van der Waals surface area (Å²) >= 11 is 0. The van der Waals surface area contributed by atoms with Crippen molar-refractivity contribution in [3.63, 3.8) is 0 Å². The van der Waals surface area contributed by atoms with E-state index in [4.69, 9.17) is 10.8 Å². The van der Waals surface area contributed by atoms with E-state index in [9.17, 15) is 4.79 Å². The fourth-order valence-corrected chi connectivity index (χ4v) is 1.24. The molecule has 3 rings (SSSR count). The molecular formula is C9H11N7O2. The maximum absolute atomic E-state index is 10.9. The Kier molecular flexibility index (Phi) is 2.96. The molecule has 0 aliphatic heterocycles. The van der Waals surface area contributed by atoms with Crippen molar-refractivity contribution in [2.75, 3.05) is 5.73 Å². The molecule has 0 aliphatic carbocycles. The van der Waals surface area contributed by atoms with E-state index in [0.717, 1.165) is 0 Å². The molecule has 0 radical (unpaired) electrons. The average molecular weight is 249 g/mol. The fraction of sp³-hybridized carbons (Fsp3) is 0.111. The van der Waals surface area contributed by atoms with Crippen LogP contribution >= 0.6 is 0 Å². The van der Waals surface area contributed by atoms with Crippen LogP contribution in [0.25, 0.3) is 11.2 Å². The SMILES string of the molecule is Cn1cc(O)nc1N.O=c1[nH]cnc2nc[nH]c12. The van der Waals surface area contributed by atoms with Gasteiger partial charge in [-0.1, -0.05) is 0 Å². The van der Waals surface area contributed by atoms with Crippen molar-refractivity contribution in [3.05, 3.63) is 29.2 Å². The molecule has 0 bridgehead atoms. The number of fused-ring (bicyclic) bond motifs is 1. The smallest absolute Gasteiger partial charge is 0.276 e. The standard InChI is InChI=1S/C5H4N4O.C4H7N3O/c10-5-3-4(7-1-6-3)8-2-9-5;1-7-2-3(8)6-4(7)5/h1-2H,(H2,6,7,8,9,10);2,8H,1H3,(H2,5,6). The van der Waals surface area contributed by atoms with Gasteiger partial charge in [0.25, 0.3) is 5.56 Å². The second kappa shape index (κ2) is 4.57. The van der Waals surface area contributed by atoms with Gasteiger partial charge in [0.1, 0.15) is 0 Å². The van der Waals surface area contributed by atoms with Crippen molar-refractivity contribution in [2.24, 2.45) is 7.05 Å². The number of imidazole rings is 2. The van der Waals surface area contributed by atoms with Gasteiger partial charge in [-0.3, -0.25) is 4.79 Å². The van der Waals surface area contributed by atoms with Gasteiger partial charge in [0.2, 0.25) is 11.8 Å². The number of H-pyrrole nitrogens is 2. The maximum atomic E-state index is 10.9. The van der Waals surface area contributed by atoms with Crippen LogP contribution in [0.2, 0.25) is 0 Å².